The molecule has 3 aliphatic rings. The van der Waals surface area contributed by atoms with Gasteiger partial charge in [0.2, 0.25) is 0 Å². The molecule has 1 spiro atoms. The number of alkyl halides is 2. The van der Waals surface area contributed by atoms with Crippen LogP contribution in [-0.4, -0.2) is 33.5 Å². The summed E-state index contributed by atoms with van der Waals surface area (Å²) in [6.45, 7) is 10.3. The predicted molar refractivity (Wildman–Crippen MR) is 90.5 cm³/mol. The summed E-state index contributed by atoms with van der Waals surface area (Å²) in [5.74, 6) is -0.230. The Bertz CT molecular complexity index is 499. The van der Waals surface area contributed by atoms with Crippen molar-refractivity contribution in [3.05, 3.63) is 0 Å². The Morgan fingerprint density at radius 2 is 1.91 bits per heavy atom. The number of halogens is 2. The zero-order valence-electron chi connectivity index (χ0n) is 14.0. The molecule has 0 aromatic heterocycles. The number of carbonyl (C=O) groups excluding carboxylic acids is 1. The standard InChI is InChI=1S/C17H26BrClO3/c1-10(20)21-13-9-15(4,19)11(18)8-17(13)14(2,3)12-6-7-16(17,5)22-12/h11-13H,6-9H2,1-5H3/t11?,12-,13?,15?,16+,17?/m1/s1. The van der Waals surface area contributed by atoms with Gasteiger partial charge >= 0.3 is 5.97 Å². The average molecular weight is 394 g/mol. The van der Waals surface area contributed by atoms with E-state index in [-0.39, 0.29) is 39.4 Å². The predicted octanol–water partition coefficient (Wildman–Crippen LogP) is 4.44. The SMILES string of the molecule is CC(=O)OC1CC(C)(Cl)C(Br)CC12C(C)(C)[C@H]1CC[C@]2(C)O1. The first-order chi connectivity index (χ1) is 9.96. The highest BCUT2D eigenvalue weighted by Gasteiger charge is 2.76. The molecule has 3 nitrogen and oxygen atoms in total. The quantitative estimate of drug-likeness (QED) is 0.488. The summed E-state index contributed by atoms with van der Waals surface area (Å²) in [6, 6.07) is 0. The highest BCUT2D eigenvalue weighted by molar-refractivity contribution is 9.09. The summed E-state index contributed by atoms with van der Waals surface area (Å²) < 4.78 is 12.3. The van der Waals surface area contributed by atoms with E-state index < -0.39 is 4.87 Å². The van der Waals surface area contributed by atoms with Crippen LogP contribution in [0.15, 0.2) is 0 Å². The Hall–Kier alpha value is 0.200. The zero-order chi connectivity index (χ0) is 16.6. The van der Waals surface area contributed by atoms with E-state index in [1.165, 1.54) is 6.92 Å². The smallest absolute Gasteiger partial charge is 0.302 e. The maximum atomic E-state index is 11.7. The molecule has 0 aromatic carbocycles. The van der Waals surface area contributed by atoms with Crippen LogP contribution in [0.1, 0.15) is 60.3 Å². The first kappa shape index (κ1) is 17.0. The van der Waals surface area contributed by atoms with Crippen molar-refractivity contribution in [2.24, 2.45) is 10.8 Å². The van der Waals surface area contributed by atoms with E-state index in [4.69, 9.17) is 21.1 Å². The normalized spacial score (nSPS) is 53.0. The van der Waals surface area contributed by atoms with Gasteiger partial charge in [-0.05, 0) is 33.1 Å². The van der Waals surface area contributed by atoms with Crippen molar-refractivity contribution in [3.63, 3.8) is 0 Å². The number of esters is 1. The third-order valence-corrected chi connectivity index (χ3v) is 8.80. The van der Waals surface area contributed by atoms with Crippen molar-refractivity contribution >= 4 is 33.5 Å². The Morgan fingerprint density at radius 1 is 1.27 bits per heavy atom. The number of hydrogen-bond donors (Lipinski definition) is 0. The highest BCUT2D eigenvalue weighted by Crippen LogP contribution is 2.72. The number of hydrogen-bond acceptors (Lipinski definition) is 3. The molecule has 0 amide bonds. The lowest BCUT2D eigenvalue weighted by Crippen LogP contribution is -2.65. The van der Waals surface area contributed by atoms with Crippen LogP contribution < -0.4 is 0 Å². The molecule has 1 saturated carbocycles. The van der Waals surface area contributed by atoms with Crippen molar-refractivity contribution in [2.45, 2.75) is 87.8 Å². The molecule has 4 unspecified atom stereocenters. The number of ether oxygens (including phenoxy) is 2. The zero-order valence-corrected chi connectivity index (χ0v) is 16.4. The largest absolute Gasteiger partial charge is 0.462 e. The lowest BCUT2D eigenvalue weighted by Gasteiger charge is -2.60. The molecule has 6 atom stereocenters. The highest BCUT2D eigenvalue weighted by atomic mass is 79.9. The van der Waals surface area contributed by atoms with Gasteiger partial charge in [0.25, 0.3) is 0 Å². The lowest BCUT2D eigenvalue weighted by atomic mass is 9.46. The van der Waals surface area contributed by atoms with Crippen molar-refractivity contribution < 1.29 is 14.3 Å². The third kappa shape index (κ3) is 1.99. The van der Waals surface area contributed by atoms with Crippen LogP contribution in [-0.2, 0) is 14.3 Å². The molecule has 2 heterocycles. The molecule has 3 fully saturated rings. The van der Waals surface area contributed by atoms with Gasteiger partial charge in [-0.3, -0.25) is 4.79 Å². The van der Waals surface area contributed by atoms with Gasteiger partial charge < -0.3 is 9.47 Å². The van der Waals surface area contributed by atoms with E-state index in [9.17, 15) is 4.79 Å². The average Bonchev–Trinajstić information content (AvgIpc) is 2.81. The first-order valence-corrected chi connectivity index (χ1v) is 9.44. The minimum absolute atomic E-state index is 0.0421. The molecule has 2 saturated heterocycles. The van der Waals surface area contributed by atoms with Crippen molar-refractivity contribution in [1.29, 1.82) is 0 Å². The van der Waals surface area contributed by atoms with Gasteiger partial charge in [-0.2, -0.15) is 0 Å². The summed E-state index contributed by atoms with van der Waals surface area (Å²) in [7, 11) is 0. The molecule has 0 aromatic rings. The summed E-state index contributed by atoms with van der Waals surface area (Å²) in [4.78, 5) is 11.5. The second-order valence-electron chi connectivity index (χ2n) is 8.32. The second kappa shape index (κ2) is 4.86. The third-order valence-electron chi connectivity index (χ3n) is 6.78. The minimum Gasteiger partial charge on any atom is -0.462 e. The maximum absolute atomic E-state index is 11.7. The van der Waals surface area contributed by atoms with E-state index in [1.807, 2.05) is 6.92 Å². The maximum Gasteiger partial charge on any atom is 0.302 e. The summed E-state index contributed by atoms with van der Waals surface area (Å²) in [5, 5.41) is 0. The fraction of sp³-hybridized carbons (Fsp3) is 0.941. The van der Waals surface area contributed by atoms with Gasteiger partial charge in [0.05, 0.1) is 16.6 Å². The topological polar surface area (TPSA) is 35.5 Å². The molecule has 126 valence electrons. The van der Waals surface area contributed by atoms with Gasteiger partial charge in [-0.25, -0.2) is 0 Å². The fourth-order valence-corrected chi connectivity index (χ4v) is 6.43. The second-order valence-corrected chi connectivity index (χ2v) is 10.3. The summed E-state index contributed by atoms with van der Waals surface area (Å²) >= 11 is 10.5. The summed E-state index contributed by atoms with van der Waals surface area (Å²) in [5.41, 5.74) is -0.489. The number of rotatable bonds is 1. The number of carbonyl (C=O) groups is 1. The van der Waals surface area contributed by atoms with Gasteiger partial charge in [-0.15, -0.1) is 11.6 Å². The molecule has 3 rings (SSSR count). The fourth-order valence-electron chi connectivity index (χ4n) is 5.51. The van der Waals surface area contributed by atoms with Crippen LogP contribution >= 0.6 is 27.5 Å². The first-order valence-electron chi connectivity index (χ1n) is 8.14. The molecule has 22 heavy (non-hydrogen) atoms. The Labute approximate surface area is 146 Å². The molecular weight excluding hydrogens is 368 g/mol. The van der Waals surface area contributed by atoms with Gasteiger partial charge in [0.15, 0.2) is 0 Å². The van der Waals surface area contributed by atoms with Gasteiger partial charge in [0.1, 0.15) is 6.10 Å². The Balaban J connectivity index is 2.10. The Kier molecular flexibility index (Phi) is 3.76. The molecule has 5 heteroatoms. The lowest BCUT2D eigenvalue weighted by molar-refractivity contribution is -0.184. The van der Waals surface area contributed by atoms with Crippen LogP contribution in [0.4, 0.5) is 0 Å². The van der Waals surface area contributed by atoms with E-state index in [2.05, 4.69) is 36.7 Å². The van der Waals surface area contributed by atoms with Crippen LogP contribution in [0.3, 0.4) is 0 Å². The van der Waals surface area contributed by atoms with E-state index in [1.54, 1.807) is 0 Å². The van der Waals surface area contributed by atoms with Gasteiger partial charge in [0, 0.05) is 29.0 Å². The Morgan fingerprint density at radius 3 is 2.41 bits per heavy atom. The van der Waals surface area contributed by atoms with E-state index in [0.29, 0.717) is 6.42 Å². The monoisotopic (exact) mass is 392 g/mol. The van der Waals surface area contributed by atoms with Crippen molar-refractivity contribution in [2.75, 3.05) is 0 Å². The van der Waals surface area contributed by atoms with Crippen LogP contribution in [0.2, 0.25) is 0 Å². The van der Waals surface area contributed by atoms with E-state index >= 15 is 0 Å². The number of fused-ring (bicyclic) bond motifs is 3. The van der Waals surface area contributed by atoms with E-state index in [0.717, 1.165) is 19.3 Å². The van der Waals surface area contributed by atoms with Gasteiger partial charge in [-0.1, -0.05) is 29.8 Å². The molecule has 2 aliphatic heterocycles. The van der Waals surface area contributed by atoms with Crippen molar-refractivity contribution in [1.82, 2.24) is 0 Å². The molecular formula is C17H26BrClO3. The van der Waals surface area contributed by atoms with Crippen molar-refractivity contribution in [3.8, 4) is 0 Å². The molecule has 1 aliphatic carbocycles. The molecule has 0 radical (unpaired) electrons. The van der Waals surface area contributed by atoms with Crippen LogP contribution in [0.25, 0.3) is 0 Å². The minimum atomic E-state index is -0.417. The van der Waals surface area contributed by atoms with Crippen LogP contribution in [0, 0.1) is 10.8 Å². The molecule has 2 bridgehead atoms. The molecule has 0 N–H and O–H groups in total. The summed E-state index contributed by atoms with van der Waals surface area (Å²) in [6.07, 6.45) is 3.66. The van der Waals surface area contributed by atoms with Crippen LogP contribution in [0.5, 0.6) is 0 Å².